The smallest absolute Gasteiger partial charge is 0.0716 e. The number of rotatable bonds is 4. The van der Waals surface area contributed by atoms with E-state index in [0.717, 1.165) is 18.5 Å². The lowest BCUT2D eigenvalue weighted by Crippen LogP contribution is -2.41. The molecule has 0 saturated carbocycles. The quantitative estimate of drug-likeness (QED) is 0.178. The first-order chi connectivity index (χ1) is 28.4. The molecule has 10 rings (SSSR count). The van der Waals surface area contributed by atoms with Gasteiger partial charge >= 0.3 is 0 Å². The molecule has 7 aromatic rings. The molecular weight excluding hydrogens is 699 g/mol. The number of fused-ring (bicyclic) bond motifs is 8. The molecule has 1 atom stereocenters. The molecule has 7 aromatic carbocycles. The van der Waals surface area contributed by atoms with Crippen molar-refractivity contribution in [1.29, 1.82) is 0 Å². The van der Waals surface area contributed by atoms with Crippen molar-refractivity contribution < 1.29 is 0 Å². The molecule has 3 aliphatic carbocycles. The lowest BCUT2D eigenvalue weighted by molar-refractivity contribution is 0.524. The summed E-state index contributed by atoms with van der Waals surface area (Å²) in [5.74, 6) is 0. The predicted molar refractivity (Wildman–Crippen MR) is 249 cm³/mol. The van der Waals surface area contributed by atoms with E-state index in [1.807, 2.05) is 44.2 Å². The van der Waals surface area contributed by atoms with Crippen molar-refractivity contribution in [3.8, 4) is 33.4 Å². The maximum Gasteiger partial charge on any atom is 0.0716 e. The number of anilines is 1. The van der Waals surface area contributed by atoms with Crippen LogP contribution in [0.15, 0.2) is 205 Å². The Morgan fingerprint density at radius 2 is 1.02 bits per heavy atom. The van der Waals surface area contributed by atoms with Crippen LogP contribution in [0.5, 0.6) is 0 Å². The molecule has 1 nitrogen and oxygen atoms in total. The van der Waals surface area contributed by atoms with Crippen molar-refractivity contribution in [2.45, 2.75) is 58.3 Å². The largest absolute Gasteiger partial charge is 0.399 e. The zero-order valence-corrected chi connectivity index (χ0v) is 34.5. The third kappa shape index (κ3) is 6.55. The minimum absolute atomic E-state index is 0.00146. The molecule has 1 heteroatoms. The first-order valence-electron chi connectivity index (χ1n) is 20.9. The van der Waals surface area contributed by atoms with Gasteiger partial charge in [0.2, 0.25) is 0 Å². The second kappa shape index (κ2) is 16.2. The molecule has 3 aliphatic rings. The highest BCUT2D eigenvalue weighted by Crippen LogP contribution is 2.63. The van der Waals surface area contributed by atoms with Crippen LogP contribution in [0.2, 0.25) is 0 Å². The van der Waals surface area contributed by atoms with Gasteiger partial charge in [0.1, 0.15) is 0 Å². The number of hydrogen-bond acceptors (Lipinski definition) is 1. The van der Waals surface area contributed by atoms with Gasteiger partial charge in [-0.25, -0.2) is 0 Å². The SMILES string of the molecule is C/C=C(\c1ccccc1)c1ccc(-c2ccc(-c3ccc4c(c3)-c3ccccc3C43C4=C(CCC=C4)C(C)(C)c4ccccc43)cc2)cc1.CC.Nc1ccccc1. The molecule has 1 spiro atoms. The Bertz CT molecular complexity index is 2640. The van der Waals surface area contributed by atoms with Crippen molar-refractivity contribution >= 4 is 11.3 Å². The number of para-hydroxylation sites is 1. The number of nitrogen functional groups attached to an aromatic ring is 1. The summed E-state index contributed by atoms with van der Waals surface area (Å²) in [5, 5.41) is 0. The van der Waals surface area contributed by atoms with E-state index in [-0.39, 0.29) is 10.8 Å². The number of nitrogens with two attached hydrogens (primary N) is 1. The first kappa shape index (κ1) is 38.4. The van der Waals surface area contributed by atoms with Crippen LogP contribution in [0.3, 0.4) is 0 Å². The van der Waals surface area contributed by atoms with Crippen molar-refractivity contribution in [2.75, 3.05) is 5.73 Å². The van der Waals surface area contributed by atoms with Crippen molar-refractivity contribution in [1.82, 2.24) is 0 Å². The number of benzene rings is 7. The van der Waals surface area contributed by atoms with Crippen LogP contribution < -0.4 is 5.73 Å². The molecule has 0 aliphatic heterocycles. The zero-order valence-electron chi connectivity index (χ0n) is 34.5. The average Bonchev–Trinajstić information content (AvgIpc) is 3.58. The molecule has 0 saturated heterocycles. The van der Waals surface area contributed by atoms with Crippen molar-refractivity contribution in [2.24, 2.45) is 0 Å². The normalized spacial score (nSPS) is 16.8. The molecular formula is C57H53N. The van der Waals surface area contributed by atoms with E-state index in [4.69, 9.17) is 5.73 Å². The standard InChI is InChI=1S/C49H40.C6H7N.C2H6/c1-4-39(36-14-6-5-7-15-36)37-28-26-34(27-29-37)33-22-24-35(25-23-33)38-30-31-43-41(32-38)40-16-8-9-17-42(40)49(43)46-20-12-10-18-44(46)48(2,3)45-19-11-13-21-47(45)49;7-6-4-2-1-3-5-6;1-2/h4-10,12-18,20-32H,11,19H2,1-3H3;1-5H,7H2;1-2H3/b39-4+;;. The van der Waals surface area contributed by atoms with E-state index in [1.165, 1.54) is 77.9 Å². The zero-order chi connectivity index (χ0) is 40.3. The molecule has 0 fully saturated rings. The highest BCUT2D eigenvalue weighted by molar-refractivity contribution is 5.91. The van der Waals surface area contributed by atoms with Gasteiger partial charge in [-0.3, -0.25) is 0 Å². The van der Waals surface area contributed by atoms with Crippen molar-refractivity contribution in [3.05, 3.63) is 239 Å². The van der Waals surface area contributed by atoms with E-state index in [9.17, 15) is 0 Å². The predicted octanol–water partition coefficient (Wildman–Crippen LogP) is 15.0. The van der Waals surface area contributed by atoms with Gasteiger partial charge in [-0.15, -0.1) is 0 Å². The van der Waals surface area contributed by atoms with Gasteiger partial charge in [-0.05, 0) is 116 Å². The Morgan fingerprint density at radius 3 is 1.64 bits per heavy atom. The Hall–Kier alpha value is -6.44. The van der Waals surface area contributed by atoms with Crippen LogP contribution >= 0.6 is 0 Å². The third-order valence-corrected chi connectivity index (χ3v) is 12.3. The monoisotopic (exact) mass is 751 g/mol. The lowest BCUT2D eigenvalue weighted by atomic mass is 9.54. The fourth-order valence-corrected chi connectivity index (χ4v) is 9.64. The van der Waals surface area contributed by atoms with E-state index < -0.39 is 0 Å². The van der Waals surface area contributed by atoms with Crippen LogP contribution in [0.4, 0.5) is 5.69 Å². The summed E-state index contributed by atoms with van der Waals surface area (Å²) in [5.41, 5.74) is 26.1. The van der Waals surface area contributed by atoms with Gasteiger partial charge in [0, 0.05) is 11.1 Å². The lowest BCUT2D eigenvalue weighted by Gasteiger charge is -2.48. The van der Waals surface area contributed by atoms with Gasteiger partial charge in [-0.2, -0.15) is 0 Å². The van der Waals surface area contributed by atoms with Crippen LogP contribution in [-0.2, 0) is 10.8 Å². The summed E-state index contributed by atoms with van der Waals surface area (Å²) in [6.07, 6.45) is 9.28. The van der Waals surface area contributed by atoms with Crippen LogP contribution in [0.1, 0.15) is 80.8 Å². The van der Waals surface area contributed by atoms with E-state index in [0.29, 0.717) is 0 Å². The van der Waals surface area contributed by atoms with Gasteiger partial charge in [-0.1, -0.05) is 209 Å². The Labute approximate surface area is 346 Å². The topological polar surface area (TPSA) is 26.0 Å². The molecule has 0 aromatic heterocycles. The van der Waals surface area contributed by atoms with Crippen LogP contribution in [0.25, 0.3) is 39.0 Å². The molecule has 286 valence electrons. The Kier molecular flexibility index (Phi) is 10.7. The molecule has 0 radical (unpaired) electrons. The molecule has 1 unspecified atom stereocenters. The van der Waals surface area contributed by atoms with Gasteiger partial charge < -0.3 is 5.73 Å². The van der Waals surface area contributed by atoms with Crippen LogP contribution in [-0.4, -0.2) is 0 Å². The van der Waals surface area contributed by atoms with E-state index in [2.05, 4.69) is 185 Å². The average molecular weight is 752 g/mol. The van der Waals surface area contributed by atoms with E-state index in [1.54, 1.807) is 5.57 Å². The van der Waals surface area contributed by atoms with Gasteiger partial charge in [0.15, 0.2) is 0 Å². The summed E-state index contributed by atoms with van der Waals surface area (Å²) < 4.78 is 0. The fraction of sp³-hybridized carbons (Fsp3) is 0.158. The first-order valence-corrected chi connectivity index (χ1v) is 20.9. The summed E-state index contributed by atoms with van der Waals surface area (Å²) in [4.78, 5) is 0. The summed E-state index contributed by atoms with van der Waals surface area (Å²) in [6, 6.07) is 63.8. The molecule has 0 amide bonds. The molecule has 0 heterocycles. The molecule has 0 bridgehead atoms. The molecule has 58 heavy (non-hydrogen) atoms. The minimum Gasteiger partial charge on any atom is -0.399 e. The fourth-order valence-electron chi connectivity index (χ4n) is 9.64. The maximum absolute atomic E-state index is 5.36. The summed E-state index contributed by atoms with van der Waals surface area (Å²) in [7, 11) is 0. The number of allylic oxidation sites excluding steroid dienone is 5. The maximum atomic E-state index is 5.36. The number of hydrogen-bond donors (Lipinski definition) is 1. The Balaban J connectivity index is 0.000000469. The minimum atomic E-state index is -0.299. The second-order valence-corrected chi connectivity index (χ2v) is 15.7. The second-order valence-electron chi connectivity index (χ2n) is 15.7. The summed E-state index contributed by atoms with van der Waals surface area (Å²) in [6.45, 7) is 11.0. The molecule has 2 N–H and O–H groups in total. The van der Waals surface area contributed by atoms with Crippen molar-refractivity contribution in [3.63, 3.8) is 0 Å². The van der Waals surface area contributed by atoms with Crippen LogP contribution in [0, 0.1) is 0 Å². The van der Waals surface area contributed by atoms with Gasteiger partial charge in [0.05, 0.1) is 5.41 Å². The summed E-state index contributed by atoms with van der Waals surface area (Å²) >= 11 is 0. The Morgan fingerprint density at radius 1 is 0.517 bits per heavy atom. The van der Waals surface area contributed by atoms with Gasteiger partial charge in [0.25, 0.3) is 0 Å². The van der Waals surface area contributed by atoms with E-state index >= 15 is 0 Å². The highest BCUT2D eigenvalue weighted by atomic mass is 14.6. The third-order valence-electron chi connectivity index (χ3n) is 12.3. The highest BCUT2D eigenvalue weighted by Gasteiger charge is 2.53.